The van der Waals surface area contributed by atoms with Gasteiger partial charge < -0.3 is 15.0 Å². The molecule has 2 aromatic carbocycles. The maximum absolute atomic E-state index is 12.7. The molecule has 0 unspecified atom stereocenters. The maximum Gasteiger partial charge on any atom is 0.345 e. The van der Waals surface area contributed by atoms with Gasteiger partial charge in [-0.25, -0.2) is 4.79 Å². The number of carbonyl (C=O) groups excluding carboxylic acids is 2. The summed E-state index contributed by atoms with van der Waals surface area (Å²) in [6.07, 6.45) is 2.02. The van der Waals surface area contributed by atoms with Crippen LogP contribution in [0.25, 0.3) is 0 Å². The van der Waals surface area contributed by atoms with E-state index in [9.17, 15) is 19.7 Å². The van der Waals surface area contributed by atoms with Crippen molar-refractivity contribution in [3.63, 3.8) is 0 Å². The van der Waals surface area contributed by atoms with E-state index < -0.39 is 10.9 Å². The van der Waals surface area contributed by atoms with E-state index in [2.05, 4.69) is 5.32 Å². The summed E-state index contributed by atoms with van der Waals surface area (Å²) in [5.74, 6) is -0.576. The zero-order chi connectivity index (χ0) is 19.4. The normalized spacial score (nSPS) is 13.3. The molecule has 8 nitrogen and oxygen atoms in total. The van der Waals surface area contributed by atoms with Crippen LogP contribution in [0, 0.1) is 10.1 Å². The largest absolute Gasteiger partial charge is 0.423 e. The first kappa shape index (κ1) is 18.4. The third-order valence-electron chi connectivity index (χ3n) is 4.24. The van der Waals surface area contributed by atoms with Crippen molar-refractivity contribution >= 4 is 28.9 Å². The minimum atomic E-state index is -0.659. The lowest BCUT2D eigenvalue weighted by Gasteiger charge is -2.20. The van der Waals surface area contributed by atoms with Gasteiger partial charge in [0.15, 0.2) is 0 Å². The van der Waals surface area contributed by atoms with Gasteiger partial charge in [-0.15, -0.1) is 0 Å². The van der Waals surface area contributed by atoms with Crippen molar-refractivity contribution in [2.24, 2.45) is 0 Å². The first-order chi connectivity index (χ1) is 12.9. The number of nitrogens with zero attached hydrogens (tertiary/aromatic N) is 2. The Balaban J connectivity index is 1.84. The van der Waals surface area contributed by atoms with Gasteiger partial charge in [0.05, 0.1) is 16.2 Å². The van der Waals surface area contributed by atoms with Gasteiger partial charge in [0.1, 0.15) is 5.75 Å². The van der Waals surface area contributed by atoms with Gasteiger partial charge in [-0.3, -0.25) is 14.9 Å². The lowest BCUT2D eigenvalue weighted by Crippen LogP contribution is -2.22. The number of carbonyl (C=O) groups is 2. The molecule has 1 aliphatic heterocycles. The maximum atomic E-state index is 12.7. The highest BCUT2D eigenvalue weighted by Crippen LogP contribution is 2.29. The molecule has 140 valence electrons. The summed E-state index contributed by atoms with van der Waals surface area (Å²) in [4.78, 5) is 36.3. The van der Waals surface area contributed by atoms with E-state index in [-0.39, 0.29) is 22.9 Å². The first-order valence-corrected chi connectivity index (χ1v) is 8.57. The number of rotatable bonds is 5. The van der Waals surface area contributed by atoms with Crippen molar-refractivity contribution in [1.29, 1.82) is 0 Å². The molecular formula is C19H19N3O5. The van der Waals surface area contributed by atoms with Crippen molar-refractivity contribution in [2.45, 2.75) is 19.8 Å². The summed E-state index contributed by atoms with van der Waals surface area (Å²) in [5, 5.41) is 13.7. The molecule has 27 heavy (non-hydrogen) atoms. The minimum absolute atomic E-state index is 0.161. The zero-order valence-electron chi connectivity index (χ0n) is 14.8. The number of benzene rings is 2. The molecule has 0 aliphatic carbocycles. The Hall–Kier alpha value is -3.42. The number of nitrogens with one attached hydrogen (secondary N) is 1. The molecule has 1 saturated heterocycles. The lowest BCUT2D eigenvalue weighted by atomic mass is 10.1. The standard InChI is InChI=1S/C19H19N3O5/c1-13(23)20-14-4-7-16(8-5-14)27-19(24)17-12-15(22(25)26)6-9-18(17)21-10-2-3-11-21/h4-9,12H,2-3,10-11H2,1H3,(H,20,23). The van der Waals surface area contributed by atoms with Crippen molar-refractivity contribution in [3.05, 3.63) is 58.1 Å². The van der Waals surface area contributed by atoms with Gasteiger partial charge in [-0.2, -0.15) is 0 Å². The molecule has 1 N–H and O–H groups in total. The summed E-state index contributed by atoms with van der Waals surface area (Å²) >= 11 is 0. The van der Waals surface area contributed by atoms with E-state index in [1.807, 2.05) is 4.90 Å². The van der Waals surface area contributed by atoms with Crippen LogP contribution < -0.4 is 15.0 Å². The lowest BCUT2D eigenvalue weighted by molar-refractivity contribution is -0.384. The SMILES string of the molecule is CC(=O)Nc1ccc(OC(=O)c2cc([N+](=O)[O-])ccc2N2CCCC2)cc1. The molecule has 1 aliphatic rings. The number of nitro groups is 1. The van der Waals surface area contributed by atoms with Gasteiger partial charge in [0, 0.05) is 37.8 Å². The second kappa shape index (κ2) is 7.86. The van der Waals surface area contributed by atoms with Crippen LogP contribution in [0.4, 0.5) is 17.1 Å². The quantitative estimate of drug-likeness (QED) is 0.375. The number of anilines is 2. The minimum Gasteiger partial charge on any atom is -0.423 e. The number of non-ortho nitro benzene ring substituents is 1. The molecule has 2 aromatic rings. The molecule has 0 saturated carbocycles. The zero-order valence-corrected chi connectivity index (χ0v) is 14.8. The topological polar surface area (TPSA) is 102 Å². The molecule has 1 amide bonds. The van der Waals surface area contributed by atoms with Gasteiger partial charge in [-0.05, 0) is 43.2 Å². The molecule has 0 radical (unpaired) electrons. The molecule has 0 spiro atoms. The van der Waals surface area contributed by atoms with Crippen LogP contribution in [0.1, 0.15) is 30.1 Å². The monoisotopic (exact) mass is 369 g/mol. The number of nitro benzene ring substituents is 1. The molecular weight excluding hydrogens is 350 g/mol. The number of hydrogen-bond acceptors (Lipinski definition) is 6. The summed E-state index contributed by atoms with van der Waals surface area (Å²) in [5.41, 5.74) is 1.22. The van der Waals surface area contributed by atoms with Gasteiger partial charge >= 0.3 is 5.97 Å². The molecule has 1 fully saturated rings. The third kappa shape index (κ3) is 4.41. The van der Waals surface area contributed by atoms with E-state index in [0.717, 1.165) is 25.9 Å². The molecule has 0 aromatic heterocycles. The molecule has 0 atom stereocenters. The average Bonchev–Trinajstić information content (AvgIpc) is 3.17. The van der Waals surface area contributed by atoms with Gasteiger partial charge in [0.25, 0.3) is 5.69 Å². The fraction of sp³-hybridized carbons (Fsp3) is 0.263. The summed E-state index contributed by atoms with van der Waals surface area (Å²) in [6.45, 7) is 2.99. The van der Waals surface area contributed by atoms with E-state index in [4.69, 9.17) is 4.74 Å². The fourth-order valence-electron chi connectivity index (χ4n) is 3.01. The van der Waals surface area contributed by atoms with E-state index >= 15 is 0 Å². The van der Waals surface area contributed by atoms with Gasteiger partial charge in [0.2, 0.25) is 5.91 Å². The Labute approximate surface area is 155 Å². The van der Waals surface area contributed by atoms with Crippen LogP contribution in [0.15, 0.2) is 42.5 Å². The Morgan fingerprint density at radius 3 is 2.37 bits per heavy atom. The Morgan fingerprint density at radius 2 is 1.78 bits per heavy atom. The molecule has 0 bridgehead atoms. The van der Waals surface area contributed by atoms with Crippen molar-refractivity contribution in [3.8, 4) is 5.75 Å². The van der Waals surface area contributed by atoms with Crippen molar-refractivity contribution in [2.75, 3.05) is 23.3 Å². The van der Waals surface area contributed by atoms with Gasteiger partial charge in [-0.1, -0.05) is 0 Å². The second-order valence-corrected chi connectivity index (χ2v) is 6.25. The Morgan fingerprint density at radius 1 is 1.11 bits per heavy atom. The Bertz CT molecular complexity index is 873. The number of esters is 1. The predicted molar refractivity (Wildman–Crippen MR) is 100 cm³/mol. The molecule has 1 heterocycles. The number of amides is 1. The average molecular weight is 369 g/mol. The fourth-order valence-corrected chi connectivity index (χ4v) is 3.01. The third-order valence-corrected chi connectivity index (χ3v) is 4.24. The summed E-state index contributed by atoms with van der Waals surface area (Å²) in [6, 6.07) is 10.6. The summed E-state index contributed by atoms with van der Waals surface area (Å²) in [7, 11) is 0. The van der Waals surface area contributed by atoms with Crippen LogP contribution in [-0.4, -0.2) is 29.9 Å². The molecule has 3 rings (SSSR count). The highest BCUT2D eigenvalue weighted by Gasteiger charge is 2.23. The van der Waals surface area contributed by atoms with Crippen LogP contribution in [-0.2, 0) is 4.79 Å². The van der Waals surface area contributed by atoms with E-state index in [1.54, 1.807) is 30.3 Å². The van der Waals surface area contributed by atoms with Crippen LogP contribution >= 0.6 is 0 Å². The van der Waals surface area contributed by atoms with Crippen molar-refractivity contribution < 1.29 is 19.2 Å². The second-order valence-electron chi connectivity index (χ2n) is 6.25. The highest BCUT2D eigenvalue weighted by atomic mass is 16.6. The highest BCUT2D eigenvalue weighted by molar-refractivity contribution is 5.98. The van der Waals surface area contributed by atoms with Crippen LogP contribution in [0.5, 0.6) is 5.75 Å². The predicted octanol–water partition coefficient (Wildman–Crippen LogP) is 3.37. The molecule has 8 heteroatoms. The van der Waals surface area contributed by atoms with Crippen molar-refractivity contribution in [1.82, 2.24) is 0 Å². The summed E-state index contributed by atoms with van der Waals surface area (Å²) < 4.78 is 5.39. The van der Waals surface area contributed by atoms with Crippen LogP contribution in [0.3, 0.4) is 0 Å². The first-order valence-electron chi connectivity index (χ1n) is 8.57. The number of ether oxygens (including phenoxy) is 1. The number of hydrogen-bond donors (Lipinski definition) is 1. The smallest absolute Gasteiger partial charge is 0.345 e. The van der Waals surface area contributed by atoms with Crippen LogP contribution in [0.2, 0.25) is 0 Å². The van der Waals surface area contributed by atoms with E-state index in [1.165, 1.54) is 19.1 Å². The van der Waals surface area contributed by atoms with E-state index in [0.29, 0.717) is 11.4 Å². The Kier molecular flexibility index (Phi) is 5.35.